The number of hydrogen-bond donors (Lipinski definition) is 4. The number of carbonyl (C=O) groups is 4. The van der Waals surface area contributed by atoms with Crippen molar-refractivity contribution in [2.45, 2.75) is 403 Å². The van der Waals surface area contributed by atoms with Crippen LogP contribution in [0.3, 0.4) is 0 Å². The number of hydrogen-bond acceptors (Lipinski definition) is 12. The minimum Gasteiger partial charge on any atom is -0.390 e. The number of aryl methyl sites for hydroxylation is 3. The Balaban J connectivity index is 0.000000117. The van der Waals surface area contributed by atoms with Crippen molar-refractivity contribution in [1.82, 2.24) is 28.8 Å². The standard InChI is InChI=1S/C28H43NO2.2C27H42N2O2.C27H45NO3/c1-5-28-14-13-26(3,31)16-20(28)6-7-21-22-8-9-24(27(22,4)12-10-23(21)28)25(30)18-29-15-11-19(2)17-29;1-5-27-13-12-25(3,31)14-19(27)6-7-20-21-8-9-23(26(21,4)11-10-22(20)27)24(30)17-29-16-18(2)15-28-29;1-5-27-13-12-25(3,31)16-19(27)6-7-20-21-8-9-23(26(21,4)11-10-22(20)27)24(30)17-29-15-14-28-18(29)2;1-4-27-12-11-25(2,30)17-19(27)5-6-20-21-7-8-23(26(21,3)10-9-22(20)27)24(29)18-28-13-15-31-16-14-28/h11,15,17,20-24,31H,5-10,12-14,16,18H2,1-4H3;15-16,19-23,31H,5-14,17H2,1-4H3;14-15,19-23,31H,5-13,16-17H2,1-4H3;19-23,30H,4-18H2,1-3H3/t20-,21-,22-,23-,24+,26+,27-,28-;3*19-,20-,21-,22-,23+,25+,26-,27-/m0000/s1. The van der Waals surface area contributed by atoms with E-state index in [2.05, 4.69) is 128 Å². The second-order valence-corrected chi connectivity index (χ2v) is 49.4. The maximum Gasteiger partial charge on any atom is 0.157 e. The van der Waals surface area contributed by atoms with Crippen LogP contribution in [0.15, 0.2) is 43.2 Å². The third-order valence-corrected chi connectivity index (χ3v) is 43.8. The van der Waals surface area contributed by atoms with Crippen LogP contribution in [0.5, 0.6) is 0 Å². The van der Waals surface area contributed by atoms with Gasteiger partial charge in [-0.05, 0) is 460 Å². The maximum absolute atomic E-state index is 13.4. The van der Waals surface area contributed by atoms with Crippen LogP contribution < -0.4 is 0 Å². The molecule has 3 aromatic rings. The summed E-state index contributed by atoms with van der Waals surface area (Å²) >= 11 is 0. The van der Waals surface area contributed by atoms with Crippen LogP contribution in [0.1, 0.15) is 357 Å². The van der Waals surface area contributed by atoms with Gasteiger partial charge in [0.1, 0.15) is 11.6 Å². The Labute approximate surface area is 749 Å². The first-order chi connectivity index (χ1) is 58.9. The molecule has 0 spiro atoms. The van der Waals surface area contributed by atoms with E-state index in [1.165, 1.54) is 185 Å². The molecule has 15 nitrogen and oxygen atoms in total. The van der Waals surface area contributed by atoms with Gasteiger partial charge in [-0.1, -0.05) is 55.4 Å². The lowest BCUT2D eigenvalue weighted by molar-refractivity contribution is -0.158. The molecule has 0 radical (unpaired) electrons. The number of aromatic nitrogens is 5. The molecule has 4 heterocycles. The molecular formula is C109H172N6O9. The molecule has 16 aliphatic carbocycles. The van der Waals surface area contributed by atoms with Crippen LogP contribution in [0.4, 0.5) is 0 Å². The number of imidazole rings is 1. The lowest BCUT2D eigenvalue weighted by atomic mass is 9.42. The molecule has 1 saturated heterocycles. The smallest absolute Gasteiger partial charge is 0.157 e. The molecule has 4 N–H and O–H groups in total. The number of fused-ring (bicyclic) bond motifs is 20. The minimum atomic E-state index is -0.463. The fraction of sp³-hybridized carbons (Fsp3) is 0.872. The summed E-state index contributed by atoms with van der Waals surface area (Å²) in [7, 11) is 0. The largest absolute Gasteiger partial charge is 0.390 e. The summed E-state index contributed by atoms with van der Waals surface area (Å²) in [5.74, 6) is 15.7. The van der Waals surface area contributed by atoms with Crippen molar-refractivity contribution in [2.24, 2.45) is 162 Å². The van der Waals surface area contributed by atoms with E-state index in [0.717, 1.165) is 174 Å². The monoisotopic (exact) mass is 1710 g/mol. The Kier molecular flexibility index (Phi) is 25.7. The SMILES string of the molecule is CC[C@]12CC[C@@](C)(O)C[C@@H]1CC[C@H]1[C@@H]3CC[C@H](C(=O)CN4CCOCC4)[C@@]3(C)CC[C@@H]12.CC[C@]12CC[C@@](C)(O)C[C@@H]1CC[C@H]1[C@@H]3CC[C@H](C(=O)Cn4cc(C)cn4)[C@@]3(C)CC[C@@H]12.CC[C@]12CC[C@@](C)(O)C[C@@H]1CC[C@H]1[C@@H]3CC[C@H](C(=O)Cn4ccc(C)c4)[C@@]3(C)CC[C@@H]12.CC[C@]12CC[C@@](C)(O)C[C@@H]1CC[C@H]1[C@@H]3CC[C@H](C(=O)Cn4ccnc4C)[C@@]3(C)CC[C@@H]12. The Hall–Kier alpha value is -3.86. The van der Waals surface area contributed by atoms with Gasteiger partial charge in [-0.3, -0.25) is 28.8 Å². The van der Waals surface area contributed by atoms with Crippen LogP contribution in [-0.2, 0) is 43.5 Å². The summed E-state index contributed by atoms with van der Waals surface area (Å²) in [6.07, 6.45) is 59.4. The average molecular weight is 1710 g/mol. The molecule has 15 heteroatoms. The lowest BCUT2D eigenvalue weighted by Crippen LogP contribution is -2.56. The molecule has 0 bridgehead atoms. The summed E-state index contributed by atoms with van der Waals surface area (Å²) in [4.78, 5) is 60.3. The van der Waals surface area contributed by atoms with E-state index in [9.17, 15) is 39.6 Å². The third kappa shape index (κ3) is 16.2. The summed E-state index contributed by atoms with van der Waals surface area (Å²) in [6, 6.07) is 2.10. The number of ketones is 4. The number of ether oxygens (including phenoxy) is 1. The molecule has 692 valence electrons. The molecular weight excluding hydrogens is 1540 g/mol. The van der Waals surface area contributed by atoms with Crippen molar-refractivity contribution in [3.05, 3.63) is 60.2 Å². The molecule has 20 rings (SSSR count). The first-order valence-corrected chi connectivity index (χ1v) is 52.3. The molecule has 0 amide bonds. The van der Waals surface area contributed by atoms with E-state index in [1.54, 1.807) is 6.20 Å². The molecule has 0 unspecified atom stereocenters. The average Bonchev–Trinajstić information content (AvgIpc) is 1.72. The van der Waals surface area contributed by atoms with Gasteiger partial charge in [0.05, 0.1) is 68.0 Å². The predicted molar refractivity (Wildman–Crippen MR) is 492 cm³/mol. The van der Waals surface area contributed by atoms with Crippen LogP contribution >= 0.6 is 0 Å². The highest BCUT2D eigenvalue weighted by molar-refractivity contribution is 5.85. The number of rotatable bonds is 16. The molecule has 32 atom stereocenters. The van der Waals surface area contributed by atoms with Crippen LogP contribution in [0.2, 0.25) is 0 Å². The fourth-order valence-corrected chi connectivity index (χ4v) is 37.6. The number of morpholine rings is 1. The second kappa shape index (κ2) is 34.6. The Bertz CT molecular complexity index is 4140. The van der Waals surface area contributed by atoms with Gasteiger partial charge < -0.3 is 34.3 Å². The zero-order valence-corrected chi connectivity index (χ0v) is 80.5. The highest BCUT2D eigenvalue weighted by Gasteiger charge is 2.69. The topological polar surface area (TPSA) is 202 Å². The Morgan fingerprint density at radius 2 is 0.718 bits per heavy atom. The van der Waals surface area contributed by atoms with Gasteiger partial charge in [-0.2, -0.15) is 5.10 Å². The zero-order valence-electron chi connectivity index (χ0n) is 80.5. The van der Waals surface area contributed by atoms with Crippen molar-refractivity contribution < 1.29 is 44.3 Å². The van der Waals surface area contributed by atoms with Gasteiger partial charge in [-0.15, -0.1) is 0 Å². The number of nitrogens with zero attached hydrogens (tertiary/aromatic N) is 6. The highest BCUT2D eigenvalue weighted by Crippen LogP contribution is 2.75. The molecule has 17 fully saturated rings. The molecule has 3 aromatic heterocycles. The van der Waals surface area contributed by atoms with E-state index >= 15 is 0 Å². The molecule has 124 heavy (non-hydrogen) atoms. The van der Waals surface area contributed by atoms with Gasteiger partial charge in [0.15, 0.2) is 17.3 Å². The third-order valence-electron chi connectivity index (χ3n) is 43.8. The van der Waals surface area contributed by atoms with E-state index in [1.807, 2.05) is 41.7 Å². The minimum absolute atomic E-state index is 0.169. The van der Waals surface area contributed by atoms with Gasteiger partial charge in [0, 0.05) is 67.7 Å². The molecule has 0 aromatic carbocycles. The summed E-state index contributed by atoms with van der Waals surface area (Å²) in [5.41, 5.74) is 3.03. The number of carbonyl (C=O) groups excluding carboxylic acids is 4. The van der Waals surface area contributed by atoms with E-state index in [0.29, 0.717) is 106 Å². The number of aliphatic hydroxyl groups is 4. The van der Waals surface area contributed by atoms with Crippen molar-refractivity contribution in [3.63, 3.8) is 0 Å². The number of Topliss-reactive ketones (excluding diaryl/α,β-unsaturated/α-hetero) is 4. The Morgan fingerprint density at radius 3 is 1.02 bits per heavy atom. The molecule has 16 saturated carbocycles. The van der Waals surface area contributed by atoms with Crippen LogP contribution in [-0.4, -0.2) is 128 Å². The van der Waals surface area contributed by atoms with Gasteiger partial charge in [0.25, 0.3) is 0 Å². The van der Waals surface area contributed by atoms with Gasteiger partial charge >= 0.3 is 0 Å². The zero-order chi connectivity index (χ0) is 87.9. The van der Waals surface area contributed by atoms with E-state index in [-0.39, 0.29) is 45.3 Å². The van der Waals surface area contributed by atoms with Crippen molar-refractivity contribution in [3.8, 4) is 0 Å². The van der Waals surface area contributed by atoms with Crippen LogP contribution in [0.25, 0.3) is 0 Å². The molecule has 17 aliphatic rings. The highest BCUT2D eigenvalue weighted by atomic mass is 16.5. The van der Waals surface area contributed by atoms with E-state index in [4.69, 9.17) is 4.74 Å². The predicted octanol–water partition coefficient (Wildman–Crippen LogP) is 22.0. The second-order valence-electron chi connectivity index (χ2n) is 49.4. The first kappa shape index (κ1) is 92.0. The van der Waals surface area contributed by atoms with Crippen LogP contribution in [0, 0.1) is 182 Å². The maximum atomic E-state index is 13.4. The Morgan fingerprint density at radius 1 is 0.379 bits per heavy atom. The van der Waals surface area contributed by atoms with Crippen molar-refractivity contribution >= 4 is 23.1 Å². The van der Waals surface area contributed by atoms with Gasteiger partial charge in [0.2, 0.25) is 0 Å². The summed E-state index contributed by atoms with van der Waals surface area (Å²) in [6.45, 7) is 39.4. The molecule has 1 aliphatic heterocycles. The van der Waals surface area contributed by atoms with E-state index < -0.39 is 22.4 Å². The van der Waals surface area contributed by atoms with Crippen molar-refractivity contribution in [1.29, 1.82) is 0 Å². The first-order valence-electron chi connectivity index (χ1n) is 52.3. The summed E-state index contributed by atoms with van der Waals surface area (Å²) in [5, 5.41) is 47.5. The quantitative estimate of drug-likeness (QED) is 0.106. The van der Waals surface area contributed by atoms with Crippen molar-refractivity contribution in [2.75, 3.05) is 32.8 Å². The fourth-order valence-electron chi connectivity index (χ4n) is 37.6. The lowest BCUT2D eigenvalue weighted by Gasteiger charge is -2.63. The normalized spacial score (nSPS) is 47.7. The summed E-state index contributed by atoms with van der Waals surface area (Å²) < 4.78 is 11.4. The van der Waals surface area contributed by atoms with Gasteiger partial charge in [-0.25, -0.2) is 4.98 Å².